The topological polar surface area (TPSA) is 35.5 Å². The summed E-state index contributed by atoms with van der Waals surface area (Å²) in [4.78, 5) is 11.9. The van der Waals surface area contributed by atoms with E-state index in [9.17, 15) is 13.6 Å². The summed E-state index contributed by atoms with van der Waals surface area (Å²) in [6, 6.07) is 9.33. The molecule has 0 radical (unpaired) electrons. The highest BCUT2D eigenvalue weighted by molar-refractivity contribution is 5.97. The Hall–Kier alpha value is -2.43. The van der Waals surface area contributed by atoms with E-state index < -0.39 is 11.6 Å². The number of hydrogen-bond donors (Lipinski definition) is 0. The molecule has 0 bridgehead atoms. The fourth-order valence-electron chi connectivity index (χ4n) is 1.64. The molecule has 0 aromatic heterocycles. The molecular weight excluding hydrogens is 266 g/mol. The molecule has 0 unspecified atom stereocenters. The molecule has 2 rings (SSSR count). The van der Waals surface area contributed by atoms with Crippen LogP contribution in [0, 0.1) is 11.6 Å². The van der Waals surface area contributed by atoms with Crippen molar-refractivity contribution in [2.45, 2.75) is 0 Å². The van der Waals surface area contributed by atoms with Gasteiger partial charge in [0.1, 0.15) is 23.1 Å². The molecule has 0 aliphatic carbocycles. The van der Waals surface area contributed by atoms with E-state index in [0.29, 0.717) is 11.3 Å². The van der Waals surface area contributed by atoms with Gasteiger partial charge in [-0.05, 0) is 12.1 Å². The summed E-state index contributed by atoms with van der Waals surface area (Å²) in [6.45, 7) is -0.309. The first kappa shape index (κ1) is 14.0. The molecule has 0 spiro atoms. The van der Waals surface area contributed by atoms with Gasteiger partial charge < -0.3 is 9.47 Å². The highest BCUT2D eigenvalue weighted by Gasteiger charge is 2.09. The van der Waals surface area contributed by atoms with Gasteiger partial charge in [-0.3, -0.25) is 4.79 Å². The van der Waals surface area contributed by atoms with Crippen molar-refractivity contribution in [1.29, 1.82) is 0 Å². The van der Waals surface area contributed by atoms with Gasteiger partial charge in [0, 0.05) is 23.8 Å². The fraction of sp³-hybridized carbons (Fsp3) is 0.133. The summed E-state index contributed by atoms with van der Waals surface area (Å²) in [7, 11) is 1.50. The van der Waals surface area contributed by atoms with Crippen LogP contribution in [0.25, 0.3) is 0 Å². The van der Waals surface area contributed by atoms with Gasteiger partial charge >= 0.3 is 0 Å². The van der Waals surface area contributed by atoms with Gasteiger partial charge in [0.05, 0.1) is 7.11 Å². The van der Waals surface area contributed by atoms with Crippen LogP contribution in [0.2, 0.25) is 0 Å². The van der Waals surface area contributed by atoms with E-state index in [-0.39, 0.29) is 18.1 Å². The summed E-state index contributed by atoms with van der Waals surface area (Å²) in [5.74, 6) is -1.30. The van der Waals surface area contributed by atoms with Crippen LogP contribution in [0.15, 0.2) is 42.5 Å². The highest BCUT2D eigenvalue weighted by atomic mass is 19.1. The number of carbonyl (C=O) groups excluding carboxylic acids is 1. The van der Waals surface area contributed by atoms with Crippen LogP contribution in [-0.2, 0) is 0 Å². The van der Waals surface area contributed by atoms with Gasteiger partial charge in [-0.15, -0.1) is 0 Å². The quantitative estimate of drug-likeness (QED) is 0.788. The van der Waals surface area contributed by atoms with E-state index in [4.69, 9.17) is 9.47 Å². The lowest BCUT2D eigenvalue weighted by Crippen LogP contribution is -2.11. The summed E-state index contributed by atoms with van der Waals surface area (Å²) >= 11 is 0. The van der Waals surface area contributed by atoms with Crippen molar-refractivity contribution in [2.75, 3.05) is 13.7 Å². The predicted octanol–water partition coefficient (Wildman–Crippen LogP) is 3.24. The molecule has 0 heterocycles. The van der Waals surface area contributed by atoms with Crippen LogP contribution >= 0.6 is 0 Å². The Morgan fingerprint density at radius 2 is 1.75 bits per heavy atom. The van der Waals surface area contributed by atoms with Crippen molar-refractivity contribution < 1.29 is 23.0 Å². The average Bonchev–Trinajstić information content (AvgIpc) is 2.44. The van der Waals surface area contributed by atoms with Crippen LogP contribution in [0.1, 0.15) is 10.4 Å². The zero-order valence-electron chi connectivity index (χ0n) is 10.7. The van der Waals surface area contributed by atoms with E-state index >= 15 is 0 Å². The minimum atomic E-state index is -0.756. The third-order valence-electron chi connectivity index (χ3n) is 2.60. The summed E-state index contributed by atoms with van der Waals surface area (Å²) in [6.07, 6.45) is 0. The predicted molar refractivity (Wildman–Crippen MR) is 69.2 cm³/mol. The van der Waals surface area contributed by atoms with Crippen molar-refractivity contribution >= 4 is 5.78 Å². The summed E-state index contributed by atoms with van der Waals surface area (Å²) in [5.41, 5.74) is 0.404. The minimum absolute atomic E-state index is 0.0289. The average molecular weight is 278 g/mol. The number of rotatable bonds is 5. The SMILES string of the molecule is COc1cccc(C(=O)COc2cc(F)cc(F)c2)c1. The molecule has 20 heavy (non-hydrogen) atoms. The van der Waals surface area contributed by atoms with Crippen LogP contribution < -0.4 is 9.47 Å². The molecule has 0 amide bonds. The Balaban J connectivity index is 2.04. The number of Topliss-reactive ketones (excluding diaryl/α,β-unsaturated/α-hetero) is 1. The Morgan fingerprint density at radius 1 is 1.05 bits per heavy atom. The zero-order valence-corrected chi connectivity index (χ0v) is 10.7. The number of halogens is 2. The van der Waals surface area contributed by atoms with Gasteiger partial charge in [-0.1, -0.05) is 12.1 Å². The molecule has 0 fully saturated rings. The Bertz CT molecular complexity index is 606. The highest BCUT2D eigenvalue weighted by Crippen LogP contribution is 2.17. The molecule has 5 heteroatoms. The van der Waals surface area contributed by atoms with E-state index in [2.05, 4.69) is 0 Å². The summed E-state index contributed by atoms with van der Waals surface area (Å²) < 4.78 is 36.0. The Kier molecular flexibility index (Phi) is 4.30. The van der Waals surface area contributed by atoms with Gasteiger partial charge in [-0.25, -0.2) is 8.78 Å². The van der Waals surface area contributed by atoms with E-state index in [1.54, 1.807) is 24.3 Å². The van der Waals surface area contributed by atoms with Crippen molar-refractivity contribution in [3.8, 4) is 11.5 Å². The Labute approximate surface area is 114 Å². The third-order valence-corrected chi connectivity index (χ3v) is 2.60. The molecule has 2 aromatic rings. The van der Waals surface area contributed by atoms with Crippen molar-refractivity contribution in [1.82, 2.24) is 0 Å². The molecule has 0 saturated carbocycles. The van der Waals surface area contributed by atoms with Gasteiger partial charge in [0.25, 0.3) is 0 Å². The number of carbonyl (C=O) groups is 1. The van der Waals surface area contributed by atoms with Crippen LogP contribution in [0.4, 0.5) is 8.78 Å². The molecule has 104 valence electrons. The normalized spacial score (nSPS) is 10.2. The lowest BCUT2D eigenvalue weighted by molar-refractivity contribution is 0.0920. The minimum Gasteiger partial charge on any atom is -0.497 e. The molecule has 3 nitrogen and oxygen atoms in total. The first-order valence-corrected chi connectivity index (χ1v) is 5.84. The maximum Gasteiger partial charge on any atom is 0.200 e. The van der Waals surface area contributed by atoms with Crippen LogP contribution in [0.5, 0.6) is 11.5 Å². The van der Waals surface area contributed by atoms with E-state index in [0.717, 1.165) is 18.2 Å². The molecule has 0 atom stereocenters. The molecule has 0 aliphatic heterocycles. The van der Waals surface area contributed by atoms with E-state index in [1.807, 2.05) is 0 Å². The van der Waals surface area contributed by atoms with Crippen LogP contribution in [-0.4, -0.2) is 19.5 Å². The second-order valence-electron chi connectivity index (χ2n) is 4.05. The maximum absolute atomic E-state index is 13.0. The lowest BCUT2D eigenvalue weighted by atomic mass is 10.1. The van der Waals surface area contributed by atoms with Crippen molar-refractivity contribution in [2.24, 2.45) is 0 Å². The van der Waals surface area contributed by atoms with Crippen molar-refractivity contribution in [3.05, 3.63) is 59.7 Å². The Morgan fingerprint density at radius 3 is 2.40 bits per heavy atom. The monoisotopic (exact) mass is 278 g/mol. The maximum atomic E-state index is 13.0. The molecule has 2 aromatic carbocycles. The molecule has 0 aliphatic rings. The number of benzene rings is 2. The van der Waals surface area contributed by atoms with E-state index in [1.165, 1.54) is 7.11 Å². The van der Waals surface area contributed by atoms with Gasteiger partial charge in [0.15, 0.2) is 12.4 Å². The zero-order chi connectivity index (χ0) is 14.5. The number of hydrogen-bond acceptors (Lipinski definition) is 3. The molecule has 0 N–H and O–H groups in total. The lowest BCUT2D eigenvalue weighted by Gasteiger charge is -2.07. The number of ketones is 1. The second-order valence-corrected chi connectivity index (χ2v) is 4.05. The largest absolute Gasteiger partial charge is 0.497 e. The first-order valence-electron chi connectivity index (χ1n) is 5.84. The van der Waals surface area contributed by atoms with Gasteiger partial charge in [0.2, 0.25) is 0 Å². The smallest absolute Gasteiger partial charge is 0.200 e. The molecule has 0 saturated heterocycles. The standard InChI is InChI=1S/C15H12F2O3/c1-19-13-4-2-3-10(5-13)15(18)9-20-14-7-11(16)6-12(17)8-14/h2-8H,9H2,1H3. The van der Waals surface area contributed by atoms with Gasteiger partial charge in [-0.2, -0.15) is 0 Å². The third kappa shape index (κ3) is 3.54. The number of methoxy groups -OCH3 is 1. The first-order chi connectivity index (χ1) is 9.58. The number of ether oxygens (including phenoxy) is 2. The fourth-order valence-corrected chi connectivity index (χ4v) is 1.64. The summed E-state index contributed by atoms with van der Waals surface area (Å²) in [5, 5.41) is 0. The van der Waals surface area contributed by atoms with Crippen molar-refractivity contribution in [3.63, 3.8) is 0 Å². The molecular formula is C15H12F2O3. The van der Waals surface area contributed by atoms with Crippen LogP contribution in [0.3, 0.4) is 0 Å². The second kappa shape index (κ2) is 6.14.